The number of ether oxygens (including phenoxy) is 2. The lowest BCUT2D eigenvalue weighted by Gasteiger charge is -2.08. The molecule has 1 heterocycles. The van der Waals surface area contributed by atoms with Gasteiger partial charge in [-0.15, -0.1) is 0 Å². The molecule has 2 rings (SSSR count). The minimum Gasteiger partial charge on any atom is -0.506 e. The van der Waals surface area contributed by atoms with E-state index in [4.69, 9.17) is 9.47 Å². The largest absolute Gasteiger partial charge is 0.506 e. The predicted molar refractivity (Wildman–Crippen MR) is 74.2 cm³/mol. The molecule has 1 aromatic heterocycles. The number of carbonyl (C=O) groups excluding carboxylic acids is 1. The molecule has 5 heteroatoms. The number of rotatable bonds is 6. The standard InChI is InChI=1S/C15H15NO4/c1-2-14(18)20-9-8-19-10-11-5-6-13(17)15-12(11)4-3-7-16-15/h2-7,17H,1,8-10H2. The van der Waals surface area contributed by atoms with E-state index in [9.17, 15) is 9.90 Å². The van der Waals surface area contributed by atoms with Crippen LogP contribution in [0.3, 0.4) is 0 Å². The summed E-state index contributed by atoms with van der Waals surface area (Å²) in [4.78, 5) is 15.0. The third-order valence-corrected chi connectivity index (χ3v) is 2.73. The first-order valence-electron chi connectivity index (χ1n) is 6.15. The summed E-state index contributed by atoms with van der Waals surface area (Å²) in [6, 6.07) is 7.05. The first kappa shape index (κ1) is 14.0. The van der Waals surface area contributed by atoms with E-state index in [-0.39, 0.29) is 12.4 Å². The molecule has 20 heavy (non-hydrogen) atoms. The van der Waals surface area contributed by atoms with E-state index in [1.807, 2.05) is 6.07 Å². The van der Waals surface area contributed by atoms with Crippen molar-refractivity contribution < 1.29 is 19.4 Å². The van der Waals surface area contributed by atoms with Gasteiger partial charge in [-0.25, -0.2) is 4.79 Å². The molecular formula is C15H15NO4. The number of benzene rings is 1. The molecule has 0 unspecified atom stereocenters. The van der Waals surface area contributed by atoms with Crippen molar-refractivity contribution >= 4 is 16.9 Å². The molecule has 1 N–H and O–H groups in total. The fraction of sp³-hybridized carbons (Fsp3) is 0.200. The van der Waals surface area contributed by atoms with Crippen LogP contribution < -0.4 is 0 Å². The van der Waals surface area contributed by atoms with Gasteiger partial charge in [0, 0.05) is 17.7 Å². The Bertz CT molecular complexity index is 624. The van der Waals surface area contributed by atoms with Gasteiger partial charge in [0.05, 0.1) is 13.2 Å². The van der Waals surface area contributed by atoms with Crippen molar-refractivity contribution in [1.29, 1.82) is 0 Å². The maximum atomic E-state index is 10.8. The van der Waals surface area contributed by atoms with Crippen molar-refractivity contribution in [3.8, 4) is 5.75 Å². The minimum atomic E-state index is -0.465. The molecule has 1 aromatic carbocycles. The zero-order chi connectivity index (χ0) is 14.4. The molecule has 2 aromatic rings. The van der Waals surface area contributed by atoms with Crippen LogP contribution in [0.5, 0.6) is 5.75 Å². The van der Waals surface area contributed by atoms with Crippen LogP contribution in [0, 0.1) is 0 Å². The van der Waals surface area contributed by atoms with Gasteiger partial charge in [0.25, 0.3) is 0 Å². The second-order valence-corrected chi connectivity index (χ2v) is 4.07. The second kappa shape index (κ2) is 6.68. The third-order valence-electron chi connectivity index (χ3n) is 2.73. The van der Waals surface area contributed by atoms with Gasteiger partial charge >= 0.3 is 5.97 Å². The lowest BCUT2D eigenvalue weighted by Crippen LogP contribution is -2.08. The normalized spacial score (nSPS) is 10.4. The first-order chi connectivity index (χ1) is 9.72. The minimum absolute atomic E-state index is 0.143. The monoisotopic (exact) mass is 273 g/mol. The fourth-order valence-corrected chi connectivity index (χ4v) is 1.78. The number of nitrogens with zero attached hydrogens (tertiary/aromatic N) is 1. The summed E-state index contributed by atoms with van der Waals surface area (Å²) in [6.45, 7) is 4.13. The van der Waals surface area contributed by atoms with Gasteiger partial charge in [0.15, 0.2) is 0 Å². The molecule has 0 fully saturated rings. The number of esters is 1. The zero-order valence-corrected chi connectivity index (χ0v) is 10.9. The van der Waals surface area contributed by atoms with Crippen LogP contribution in [0.1, 0.15) is 5.56 Å². The van der Waals surface area contributed by atoms with Crippen molar-refractivity contribution in [2.45, 2.75) is 6.61 Å². The maximum absolute atomic E-state index is 10.8. The lowest BCUT2D eigenvalue weighted by atomic mass is 10.1. The van der Waals surface area contributed by atoms with Crippen molar-refractivity contribution in [2.75, 3.05) is 13.2 Å². The van der Waals surface area contributed by atoms with Crippen molar-refractivity contribution in [1.82, 2.24) is 4.98 Å². The van der Waals surface area contributed by atoms with Crippen LogP contribution in [0.25, 0.3) is 10.9 Å². The highest BCUT2D eigenvalue weighted by atomic mass is 16.6. The Morgan fingerprint density at radius 1 is 1.35 bits per heavy atom. The summed E-state index contributed by atoms with van der Waals surface area (Å²) in [5, 5.41) is 10.6. The smallest absolute Gasteiger partial charge is 0.330 e. The Morgan fingerprint density at radius 3 is 3.00 bits per heavy atom. The summed E-state index contributed by atoms with van der Waals surface area (Å²) < 4.78 is 10.2. The number of phenols is 1. The Hall–Kier alpha value is -2.40. The summed E-state index contributed by atoms with van der Waals surface area (Å²) in [5.41, 5.74) is 1.47. The summed E-state index contributed by atoms with van der Waals surface area (Å²) >= 11 is 0. The van der Waals surface area contributed by atoms with Gasteiger partial charge in [-0.05, 0) is 17.7 Å². The fourth-order valence-electron chi connectivity index (χ4n) is 1.78. The van der Waals surface area contributed by atoms with Gasteiger partial charge in [0.1, 0.15) is 17.9 Å². The molecule has 104 valence electrons. The van der Waals surface area contributed by atoms with Gasteiger partial charge < -0.3 is 14.6 Å². The number of aromatic hydroxyl groups is 1. The van der Waals surface area contributed by atoms with Gasteiger partial charge in [-0.3, -0.25) is 4.98 Å². The molecule has 0 aliphatic rings. The van der Waals surface area contributed by atoms with E-state index in [1.54, 1.807) is 24.4 Å². The van der Waals surface area contributed by atoms with Crippen LogP contribution in [-0.4, -0.2) is 29.3 Å². The van der Waals surface area contributed by atoms with E-state index in [0.717, 1.165) is 17.0 Å². The molecule has 0 bridgehead atoms. The van der Waals surface area contributed by atoms with Crippen molar-refractivity contribution in [2.24, 2.45) is 0 Å². The van der Waals surface area contributed by atoms with E-state index in [0.29, 0.717) is 18.7 Å². The highest BCUT2D eigenvalue weighted by Gasteiger charge is 2.06. The molecule has 0 aliphatic heterocycles. The Balaban J connectivity index is 1.95. The topological polar surface area (TPSA) is 68.7 Å². The number of hydrogen-bond acceptors (Lipinski definition) is 5. The number of pyridine rings is 1. The van der Waals surface area contributed by atoms with Crippen LogP contribution in [0.15, 0.2) is 43.1 Å². The average Bonchev–Trinajstić information content (AvgIpc) is 2.49. The highest BCUT2D eigenvalue weighted by Crippen LogP contribution is 2.25. The third kappa shape index (κ3) is 3.33. The molecule has 0 spiro atoms. The molecular weight excluding hydrogens is 258 g/mol. The molecule has 0 amide bonds. The molecule has 5 nitrogen and oxygen atoms in total. The molecule has 0 saturated heterocycles. The van der Waals surface area contributed by atoms with Gasteiger partial charge in [-0.1, -0.05) is 18.7 Å². The first-order valence-corrected chi connectivity index (χ1v) is 6.15. The lowest BCUT2D eigenvalue weighted by molar-refractivity contribution is -0.139. The Labute approximate surface area is 116 Å². The molecule has 0 saturated carbocycles. The zero-order valence-electron chi connectivity index (χ0n) is 10.9. The average molecular weight is 273 g/mol. The van der Waals surface area contributed by atoms with E-state index >= 15 is 0 Å². The van der Waals surface area contributed by atoms with Crippen LogP contribution >= 0.6 is 0 Å². The van der Waals surface area contributed by atoms with Gasteiger partial charge in [0.2, 0.25) is 0 Å². The van der Waals surface area contributed by atoms with E-state index in [1.165, 1.54) is 0 Å². The molecule has 0 radical (unpaired) electrons. The Morgan fingerprint density at radius 2 is 2.20 bits per heavy atom. The SMILES string of the molecule is C=CC(=O)OCCOCc1ccc(O)c2ncccc12. The van der Waals surface area contributed by atoms with Crippen LogP contribution in [-0.2, 0) is 20.9 Å². The number of fused-ring (bicyclic) bond motifs is 1. The number of carbonyl (C=O) groups is 1. The predicted octanol–water partition coefficient (Wildman–Crippen LogP) is 2.19. The van der Waals surface area contributed by atoms with Crippen molar-refractivity contribution in [3.05, 3.63) is 48.7 Å². The number of phenolic OH excluding ortho intramolecular Hbond substituents is 1. The van der Waals surface area contributed by atoms with Gasteiger partial charge in [-0.2, -0.15) is 0 Å². The summed E-state index contributed by atoms with van der Waals surface area (Å²) in [6.07, 6.45) is 2.74. The van der Waals surface area contributed by atoms with E-state index < -0.39 is 5.97 Å². The summed E-state index contributed by atoms with van der Waals surface area (Å²) in [5.74, 6) is -0.322. The molecule has 0 aliphatic carbocycles. The number of hydrogen-bond donors (Lipinski definition) is 1. The maximum Gasteiger partial charge on any atom is 0.330 e. The Kier molecular flexibility index (Phi) is 4.68. The highest BCUT2D eigenvalue weighted by molar-refractivity contribution is 5.87. The van der Waals surface area contributed by atoms with Crippen LogP contribution in [0.2, 0.25) is 0 Å². The number of aromatic nitrogens is 1. The second-order valence-electron chi connectivity index (χ2n) is 4.07. The van der Waals surface area contributed by atoms with E-state index in [2.05, 4.69) is 11.6 Å². The quantitative estimate of drug-likeness (QED) is 0.496. The molecule has 0 atom stereocenters. The van der Waals surface area contributed by atoms with Crippen LogP contribution in [0.4, 0.5) is 0 Å². The summed E-state index contributed by atoms with van der Waals surface area (Å²) in [7, 11) is 0. The van der Waals surface area contributed by atoms with Crippen molar-refractivity contribution in [3.63, 3.8) is 0 Å².